The highest BCUT2D eigenvalue weighted by Crippen LogP contribution is 2.36. The summed E-state index contributed by atoms with van der Waals surface area (Å²) in [5.41, 5.74) is 1.14. The topological polar surface area (TPSA) is 62.2 Å². The Morgan fingerprint density at radius 3 is 2.23 bits per heavy atom. The van der Waals surface area contributed by atoms with Gasteiger partial charge in [-0.2, -0.15) is 0 Å². The Kier molecular flexibility index (Phi) is 5.18. The molecule has 2 saturated heterocycles. The fourth-order valence-corrected chi connectivity index (χ4v) is 3.26. The first-order chi connectivity index (χ1) is 12.1. The van der Waals surface area contributed by atoms with Gasteiger partial charge in [-0.1, -0.05) is 12.1 Å². The molecule has 3 rings (SSSR count). The summed E-state index contributed by atoms with van der Waals surface area (Å²) >= 11 is 0. The third-order valence-corrected chi connectivity index (χ3v) is 5.85. The van der Waals surface area contributed by atoms with Crippen molar-refractivity contribution in [3.8, 4) is 0 Å². The smallest absolute Gasteiger partial charge is 0.399 e. The van der Waals surface area contributed by atoms with Gasteiger partial charge in [0.05, 0.1) is 17.8 Å². The lowest BCUT2D eigenvalue weighted by atomic mass is 9.77. The highest BCUT2D eigenvalue weighted by atomic mass is 16.7. The van der Waals surface area contributed by atoms with Crippen molar-refractivity contribution in [3.05, 3.63) is 29.3 Å². The number of benzene rings is 1. The van der Waals surface area contributed by atoms with Crippen LogP contribution in [-0.4, -0.2) is 72.4 Å². The molecule has 2 heterocycles. The number of amides is 1. The van der Waals surface area contributed by atoms with Crippen LogP contribution in [0.4, 0.5) is 0 Å². The third kappa shape index (κ3) is 3.54. The first-order valence-corrected chi connectivity index (χ1v) is 9.22. The number of aliphatic hydroxyl groups excluding tert-OH is 1. The zero-order valence-electron chi connectivity index (χ0n) is 16.4. The maximum absolute atomic E-state index is 12.9. The number of carbonyl (C=O) groups is 1. The molecule has 0 aromatic heterocycles. The second-order valence-corrected chi connectivity index (χ2v) is 8.26. The molecule has 1 aromatic rings. The number of aliphatic hydroxyl groups is 1. The lowest BCUT2D eigenvalue weighted by Gasteiger charge is -2.32. The van der Waals surface area contributed by atoms with Crippen LogP contribution in [0.25, 0.3) is 0 Å². The molecule has 0 aliphatic carbocycles. The van der Waals surface area contributed by atoms with E-state index in [9.17, 15) is 9.90 Å². The van der Waals surface area contributed by atoms with Crippen LogP contribution in [0, 0.1) is 0 Å². The van der Waals surface area contributed by atoms with E-state index in [1.165, 1.54) is 0 Å². The molecule has 0 saturated carbocycles. The average Bonchev–Trinajstić information content (AvgIpc) is 2.82. The van der Waals surface area contributed by atoms with E-state index in [4.69, 9.17) is 9.31 Å². The minimum absolute atomic E-state index is 0.0254. The lowest BCUT2D eigenvalue weighted by molar-refractivity contribution is 0.00578. The van der Waals surface area contributed by atoms with Gasteiger partial charge in [-0.15, -0.1) is 0 Å². The van der Waals surface area contributed by atoms with Crippen molar-refractivity contribution in [2.45, 2.75) is 45.5 Å². The minimum Gasteiger partial charge on any atom is -0.399 e. The Balaban J connectivity index is 1.81. The summed E-state index contributed by atoms with van der Waals surface area (Å²) in [6.07, 6.45) is 0. The van der Waals surface area contributed by atoms with Gasteiger partial charge in [0, 0.05) is 31.7 Å². The van der Waals surface area contributed by atoms with Crippen molar-refractivity contribution in [2.75, 3.05) is 33.2 Å². The van der Waals surface area contributed by atoms with Gasteiger partial charge in [0.2, 0.25) is 0 Å². The molecule has 142 valence electrons. The molecule has 0 spiro atoms. The minimum atomic E-state index is -0.502. The Hall–Kier alpha value is -1.41. The van der Waals surface area contributed by atoms with Crippen molar-refractivity contribution in [1.29, 1.82) is 0 Å². The first kappa shape index (κ1) is 19.4. The molecule has 26 heavy (non-hydrogen) atoms. The first-order valence-electron chi connectivity index (χ1n) is 9.22. The number of rotatable bonds is 3. The Labute approximate surface area is 156 Å². The summed E-state index contributed by atoms with van der Waals surface area (Å²) in [7, 11) is 1.55. The molecule has 7 heteroatoms. The maximum atomic E-state index is 12.9. The molecule has 2 aliphatic heterocycles. The molecule has 2 fully saturated rings. The zero-order chi connectivity index (χ0) is 19.1. The van der Waals surface area contributed by atoms with Crippen molar-refractivity contribution in [1.82, 2.24) is 9.80 Å². The summed E-state index contributed by atoms with van der Waals surface area (Å²) in [4.78, 5) is 16.9. The average molecular weight is 360 g/mol. The lowest BCUT2D eigenvalue weighted by Crippen LogP contribution is -2.47. The molecule has 1 amide bonds. The molecular formula is C19H29BN2O4. The molecule has 0 unspecified atom stereocenters. The van der Waals surface area contributed by atoms with E-state index in [0.717, 1.165) is 18.6 Å². The number of hydrogen-bond donors (Lipinski definition) is 1. The van der Waals surface area contributed by atoms with Gasteiger partial charge in [-0.05, 0) is 51.8 Å². The van der Waals surface area contributed by atoms with E-state index >= 15 is 0 Å². The maximum Gasteiger partial charge on any atom is 0.494 e. The van der Waals surface area contributed by atoms with Gasteiger partial charge >= 0.3 is 7.12 Å². The SMILES string of the molecule is CN1CCN(C(=O)c2ccc(B3OC(C)(C)C(C)(C)O3)cc2CO)CC1. The van der Waals surface area contributed by atoms with Gasteiger partial charge in [0.15, 0.2) is 0 Å². The fourth-order valence-electron chi connectivity index (χ4n) is 3.26. The van der Waals surface area contributed by atoms with Crippen LogP contribution in [0.2, 0.25) is 0 Å². The molecule has 6 nitrogen and oxygen atoms in total. The highest BCUT2D eigenvalue weighted by molar-refractivity contribution is 6.62. The van der Waals surface area contributed by atoms with Crippen molar-refractivity contribution in [2.24, 2.45) is 0 Å². The van der Waals surface area contributed by atoms with Gasteiger partial charge in [0.1, 0.15) is 0 Å². The van der Waals surface area contributed by atoms with Gasteiger partial charge in [0.25, 0.3) is 5.91 Å². The van der Waals surface area contributed by atoms with E-state index in [1.54, 1.807) is 6.07 Å². The Morgan fingerprint density at radius 2 is 1.69 bits per heavy atom. The molecule has 0 atom stereocenters. The van der Waals surface area contributed by atoms with Crippen LogP contribution in [0.5, 0.6) is 0 Å². The van der Waals surface area contributed by atoms with Crippen LogP contribution in [0.3, 0.4) is 0 Å². The number of hydrogen-bond acceptors (Lipinski definition) is 5. The van der Waals surface area contributed by atoms with Crippen molar-refractivity contribution in [3.63, 3.8) is 0 Å². The van der Waals surface area contributed by atoms with Gasteiger partial charge in [-0.3, -0.25) is 4.79 Å². The van der Waals surface area contributed by atoms with E-state index in [0.29, 0.717) is 24.2 Å². The van der Waals surface area contributed by atoms with Crippen LogP contribution >= 0.6 is 0 Å². The molecule has 0 radical (unpaired) electrons. The van der Waals surface area contributed by atoms with E-state index in [-0.39, 0.29) is 12.5 Å². The Bertz CT molecular complexity index is 668. The number of piperazine rings is 1. The Morgan fingerprint density at radius 1 is 1.12 bits per heavy atom. The number of nitrogens with zero attached hydrogens (tertiary/aromatic N) is 2. The second kappa shape index (κ2) is 6.96. The molecular weight excluding hydrogens is 331 g/mol. The molecule has 2 aliphatic rings. The monoisotopic (exact) mass is 360 g/mol. The second-order valence-electron chi connectivity index (χ2n) is 8.26. The standard InChI is InChI=1S/C19H29BN2O4/c1-18(2)19(3,4)26-20(25-18)15-6-7-16(14(12-15)13-23)17(24)22-10-8-21(5)9-11-22/h6-7,12,23H,8-11,13H2,1-5H3. The highest BCUT2D eigenvalue weighted by Gasteiger charge is 2.51. The number of likely N-dealkylation sites (N-methyl/N-ethyl adjacent to an activating group) is 1. The summed E-state index contributed by atoms with van der Waals surface area (Å²) in [5.74, 6) is -0.0254. The predicted molar refractivity (Wildman–Crippen MR) is 101 cm³/mol. The van der Waals surface area contributed by atoms with Crippen LogP contribution in [0.15, 0.2) is 18.2 Å². The van der Waals surface area contributed by atoms with Gasteiger partial charge in [-0.25, -0.2) is 0 Å². The van der Waals surface area contributed by atoms with Crippen molar-refractivity contribution < 1.29 is 19.2 Å². The third-order valence-electron chi connectivity index (χ3n) is 5.85. The molecule has 0 bridgehead atoms. The fraction of sp³-hybridized carbons (Fsp3) is 0.632. The molecule has 1 aromatic carbocycles. The quantitative estimate of drug-likeness (QED) is 0.811. The molecule has 1 N–H and O–H groups in total. The predicted octanol–water partition coefficient (Wildman–Crippen LogP) is 0.866. The largest absolute Gasteiger partial charge is 0.494 e. The normalized spacial score (nSPS) is 22.7. The van der Waals surface area contributed by atoms with E-state index < -0.39 is 18.3 Å². The summed E-state index contributed by atoms with van der Waals surface area (Å²) in [6.45, 7) is 11.0. The van der Waals surface area contributed by atoms with E-state index in [1.807, 2.05) is 44.7 Å². The summed E-state index contributed by atoms with van der Waals surface area (Å²) < 4.78 is 12.1. The summed E-state index contributed by atoms with van der Waals surface area (Å²) in [6, 6.07) is 5.47. The zero-order valence-corrected chi connectivity index (χ0v) is 16.4. The van der Waals surface area contributed by atoms with E-state index in [2.05, 4.69) is 11.9 Å². The van der Waals surface area contributed by atoms with Gasteiger partial charge < -0.3 is 24.2 Å². The van der Waals surface area contributed by atoms with Crippen LogP contribution in [0.1, 0.15) is 43.6 Å². The number of carbonyl (C=O) groups excluding carboxylic acids is 1. The summed E-state index contributed by atoms with van der Waals surface area (Å²) in [5, 5.41) is 9.82. The van der Waals surface area contributed by atoms with Crippen LogP contribution < -0.4 is 5.46 Å². The van der Waals surface area contributed by atoms with Crippen molar-refractivity contribution >= 4 is 18.5 Å². The van der Waals surface area contributed by atoms with Crippen LogP contribution in [-0.2, 0) is 15.9 Å².